The predicted octanol–water partition coefficient (Wildman–Crippen LogP) is 7.13. The van der Waals surface area contributed by atoms with Gasteiger partial charge in [-0.05, 0) is 54.2 Å². The van der Waals surface area contributed by atoms with Gasteiger partial charge >= 0.3 is 6.18 Å². The van der Waals surface area contributed by atoms with Crippen LogP contribution in [0.5, 0.6) is 0 Å². The second-order valence-electron chi connectivity index (χ2n) is 8.23. The molecular weight excluding hydrogens is 389 g/mol. The summed E-state index contributed by atoms with van der Waals surface area (Å²) in [5.41, 5.74) is 3.33. The summed E-state index contributed by atoms with van der Waals surface area (Å²) in [6.45, 7) is 2.25. The minimum Gasteiger partial charge on any atom is -0.294 e. The topological polar surface area (TPSA) is 34.1 Å². The average molecular weight is 416 g/mol. The summed E-state index contributed by atoms with van der Waals surface area (Å²) in [4.78, 5) is 22.9. The molecule has 0 spiro atoms. The normalized spacial score (nSPS) is 19.5. The Balaban J connectivity index is 1.62. The fraction of sp³-hybridized carbons (Fsp3) is 0.440. The molecule has 0 aromatic heterocycles. The Labute approximate surface area is 175 Å². The van der Waals surface area contributed by atoms with Crippen molar-refractivity contribution in [3.8, 4) is 11.1 Å². The number of benzene rings is 2. The van der Waals surface area contributed by atoms with Gasteiger partial charge in [-0.1, -0.05) is 68.3 Å². The van der Waals surface area contributed by atoms with E-state index in [9.17, 15) is 22.8 Å². The van der Waals surface area contributed by atoms with Crippen LogP contribution in [-0.4, -0.2) is 17.7 Å². The smallest absolute Gasteiger partial charge is 0.294 e. The third kappa shape index (κ3) is 5.59. The number of alkyl halides is 3. The van der Waals surface area contributed by atoms with Gasteiger partial charge < -0.3 is 0 Å². The number of rotatable bonds is 7. The van der Waals surface area contributed by atoms with Crippen molar-refractivity contribution < 1.29 is 22.8 Å². The summed E-state index contributed by atoms with van der Waals surface area (Å²) in [5, 5.41) is 0. The summed E-state index contributed by atoms with van der Waals surface area (Å²) in [5.74, 6) is -1.36. The second-order valence-corrected chi connectivity index (χ2v) is 8.23. The minimum atomic E-state index is -4.98. The molecule has 1 aliphatic rings. The fourth-order valence-electron chi connectivity index (χ4n) is 4.34. The highest BCUT2D eigenvalue weighted by molar-refractivity contribution is 6.09. The van der Waals surface area contributed by atoms with Crippen molar-refractivity contribution in [3.63, 3.8) is 0 Å². The third-order valence-corrected chi connectivity index (χ3v) is 6.10. The van der Waals surface area contributed by atoms with E-state index in [1.165, 1.54) is 56.2 Å². The van der Waals surface area contributed by atoms with E-state index in [-0.39, 0.29) is 5.56 Å². The van der Waals surface area contributed by atoms with Gasteiger partial charge in [-0.15, -0.1) is 0 Å². The molecule has 30 heavy (non-hydrogen) atoms. The first-order valence-electron chi connectivity index (χ1n) is 10.6. The monoisotopic (exact) mass is 416 g/mol. The second kappa shape index (κ2) is 9.59. The van der Waals surface area contributed by atoms with Crippen LogP contribution < -0.4 is 0 Å². The van der Waals surface area contributed by atoms with Crippen molar-refractivity contribution in [1.29, 1.82) is 0 Å². The van der Waals surface area contributed by atoms with Crippen molar-refractivity contribution in [1.82, 2.24) is 0 Å². The number of carbonyl (C=O) groups is 2. The lowest BCUT2D eigenvalue weighted by molar-refractivity contribution is -0.170. The van der Waals surface area contributed by atoms with Crippen LogP contribution in [0.1, 0.15) is 73.7 Å². The van der Waals surface area contributed by atoms with Crippen molar-refractivity contribution in [2.45, 2.75) is 64.0 Å². The number of Topliss-reactive ketones (excluding diaryl/α,β-unsaturated/α-hetero) is 2. The van der Waals surface area contributed by atoms with Gasteiger partial charge in [0.15, 0.2) is 5.78 Å². The molecule has 3 rings (SSSR count). The van der Waals surface area contributed by atoms with Gasteiger partial charge in [0.1, 0.15) is 0 Å². The number of hydrogen-bond donors (Lipinski definition) is 0. The molecule has 0 aliphatic heterocycles. The third-order valence-electron chi connectivity index (χ3n) is 6.10. The first-order valence-corrected chi connectivity index (χ1v) is 10.6. The van der Waals surface area contributed by atoms with Gasteiger partial charge in [0.25, 0.3) is 0 Å². The molecule has 1 saturated carbocycles. The van der Waals surface area contributed by atoms with Gasteiger partial charge in [-0.25, -0.2) is 0 Å². The zero-order valence-corrected chi connectivity index (χ0v) is 17.2. The highest BCUT2D eigenvalue weighted by Gasteiger charge is 2.39. The van der Waals surface area contributed by atoms with E-state index in [0.29, 0.717) is 5.92 Å². The van der Waals surface area contributed by atoms with Crippen molar-refractivity contribution in [2.75, 3.05) is 0 Å². The Morgan fingerprint density at radius 2 is 1.40 bits per heavy atom. The molecular formula is C25H27F3O2. The lowest BCUT2D eigenvalue weighted by Gasteiger charge is -2.28. The van der Waals surface area contributed by atoms with Crippen LogP contribution in [0.2, 0.25) is 0 Å². The highest BCUT2D eigenvalue weighted by Crippen LogP contribution is 2.38. The van der Waals surface area contributed by atoms with Gasteiger partial charge in [0.2, 0.25) is 5.78 Å². The van der Waals surface area contributed by atoms with Crippen LogP contribution in [0.15, 0.2) is 48.5 Å². The Morgan fingerprint density at radius 1 is 0.867 bits per heavy atom. The first kappa shape index (κ1) is 22.3. The SMILES string of the molecule is CCCC1CCC(c2ccc(-c3ccc(C(=O)CC(=O)C(F)(F)F)cc3)cc2)CC1. The summed E-state index contributed by atoms with van der Waals surface area (Å²) >= 11 is 0. The molecule has 2 aromatic rings. The maximum Gasteiger partial charge on any atom is 0.450 e. The Morgan fingerprint density at radius 3 is 1.90 bits per heavy atom. The van der Waals surface area contributed by atoms with Crippen LogP contribution >= 0.6 is 0 Å². The zero-order valence-electron chi connectivity index (χ0n) is 17.2. The maximum absolute atomic E-state index is 12.3. The fourth-order valence-corrected chi connectivity index (χ4v) is 4.34. The Kier molecular flexibility index (Phi) is 7.11. The summed E-state index contributed by atoms with van der Waals surface area (Å²) in [7, 11) is 0. The standard InChI is InChI=1S/C25H27F3O2/c1-2-3-17-4-6-18(7-5-17)19-8-10-20(11-9-19)21-12-14-22(15-13-21)23(29)16-24(30)25(26,27)28/h8-15,17-18H,2-7,16H2,1H3. The molecule has 5 heteroatoms. The molecule has 2 aromatic carbocycles. The van der Waals surface area contributed by atoms with Crippen LogP contribution in [0, 0.1) is 5.92 Å². The predicted molar refractivity (Wildman–Crippen MR) is 111 cm³/mol. The Hall–Kier alpha value is -2.43. The van der Waals surface area contributed by atoms with Crippen LogP contribution in [0.25, 0.3) is 11.1 Å². The van der Waals surface area contributed by atoms with Crippen molar-refractivity contribution in [3.05, 3.63) is 59.7 Å². The number of ketones is 2. The molecule has 1 fully saturated rings. The largest absolute Gasteiger partial charge is 0.450 e. The quantitative estimate of drug-likeness (QED) is 0.355. The van der Waals surface area contributed by atoms with E-state index in [4.69, 9.17) is 0 Å². The van der Waals surface area contributed by atoms with Crippen molar-refractivity contribution in [2.24, 2.45) is 5.92 Å². The molecule has 1 aliphatic carbocycles. The molecule has 2 nitrogen and oxygen atoms in total. The van der Waals surface area contributed by atoms with Gasteiger partial charge in [-0.2, -0.15) is 13.2 Å². The van der Waals surface area contributed by atoms with Crippen LogP contribution in [0.4, 0.5) is 13.2 Å². The summed E-state index contributed by atoms with van der Waals surface area (Å²) < 4.78 is 37.0. The van der Waals surface area contributed by atoms with E-state index in [2.05, 4.69) is 31.2 Å². The number of halogens is 3. The van der Waals surface area contributed by atoms with Gasteiger partial charge in [-0.3, -0.25) is 9.59 Å². The molecule has 0 radical (unpaired) electrons. The molecule has 0 unspecified atom stereocenters. The lowest BCUT2D eigenvalue weighted by Crippen LogP contribution is -2.25. The van der Waals surface area contributed by atoms with E-state index in [1.807, 2.05) is 0 Å². The van der Waals surface area contributed by atoms with E-state index in [0.717, 1.165) is 17.0 Å². The number of carbonyl (C=O) groups excluding carboxylic acids is 2. The lowest BCUT2D eigenvalue weighted by atomic mass is 9.77. The van der Waals surface area contributed by atoms with Gasteiger partial charge in [0.05, 0.1) is 6.42 Å². The molecule has 0 bridgehead atoms. The summed E-state index contributed by atoms with van der Waals surface area (Å²) in [6.07, 6.45) is 1.51. The van der Waals surface area contributed by atoms with E-state index >= 15 is 0 Å². The van der Waals surface area contributed by atoms with Crippen LogP contribution in [0.3, 0.4) is 0 Å². The molecule has 0 heterocycles. The molecule has 0 amide bonds. The summed E-state index contributed by atoms with van der Waals surface area (Å²) in [6, 6.07) is 14.8. The molecule has 0 N–H and O–H groups in total. The number of hydrogen-bond acceptors (Lipinski definition) is 2. The average Bonchev–Trinajstić information content (AvgIpc) is 2.74. The highest BCUT2D eigenvalue weighted by atomic mass is 19.4. The molecule has 160 valence electrons. The maximum atomic E-state index is 12.3. The Bertz CT molecular complexity index is 859. The van der Waals surface area contributed by atoms with Crippen LogP contribution in [-0.2, 0) is 4.79 Å². The minimum absolute atomic E-state index is 0.108. The van der Waals surface area contributed by atoms with E-state index in [1.54, 1.807) is 12.1 Å². The van der Waals surface area contributed by atoms with Gasteiger partial charge in [0, 0.05) is 5.56 Å². The first-order chi connectivity index (χ1) is 14.3. The molecule has 0 saturated heterocycles. The zero-order chi connectivity index (χ0) is 21.7. The molecule has 0 atom stereocenters. The van der Waals surface area contributed by atoms with Crippen molar-refractivity contribution >= 4 is 11.6 Å². The van der Waals surface area contributed by atoms with E-state index < -0.39 is 24.2 Å².